The maximum atomic E-state index is 12.6. The molecule has 0 atom stereocenters. The Morgan fingerprint density at radius 1 is 1.03 bits per heavy atom. The average molecular weight is 542 g/mol. The van der Waals surface area contributed by atoms with Gasteiger partial charge in [0, 0.05) is 24.3 Å². The number of pyridine rings is 1. The second kappa shape index (κ2) is 11.6. The van der Waals surface area contributed by atoms with E-state index >= 15 is 0 Å². The summed E-state index contributed by atoms with van der Waals surface area (Å²) < 4.78 is 63.5. The average Bonchev–Trinajstić information content (AvgIpc) is 3.31. The number of aromatic nitrogens is 2. The highest BCUT2D eigenvalue weighted by Gasteiger charge is 2.53. The van der Waals surface area contributed by atoms with Crippen molar-refractivity contribution in [3.05, 3.63) is 41.1 Å². The first-order valence-corrected chi connectivity index (χ1v) is 11.0. The van der Waals surface area contributed by atoms with Crippen molar-refractivity contribution >= 4 is 34.9 Å². The normalized spacial score (nSPS) is 17.3. The molecule has 0 unspecified atom stereocenters. The number of amides is 1. The molecule has 1 amide bonds. The molecule has 36 heavy (non-hydrogen) atoms. The van der Waals surface area contributed by atoms with Gasteiger partial charge in [0.25, 0.3) is 0 Å². The molecule has 4 rings (SSSR count). The van der Waals surface area contributed by atoms with Crippen molar-refractivity contribution in [2.45, 2.75) is 31.7 Å². The highest BCUT2D eigenvalue weighted by molar-refractivity contribution is 7.09. The van der Waals surface area contributed by atoms with Crippen LogP contribution in [0.1, 0.15) is 17.8 Å². The van der Waals surface area contributed by atoms with Gasteiger partial charge >= 0.3 is 24.3 Å². The number of rotatable bonds is 3. The van der Waals surface area contributed by atoms with Crippen molar-refractivity contribution < 1.29 is 50.9 Å². The maximum Gasteiger partial charge on any atom is 0.490 e. The molecule has 2 aromatic heterocycles. The van der Waals surface area contributed by atoms with Crippen molar-refractivity contribution in [3.8, 4) is 0 Å². The Morgan fingerprint density at radius 2 is 1.58 bits per heavy atom. The van der Waals surface area contributed by atoms with Gasteiger partial charge in [0.15, 0.2) is 0 Å². The zero-order chi connectivity index (χ0) is 27.1. The van der Waals surface area contributed by atoms with Gasteiger partial charge in [-0.2, -0.15) is 26.3 Å². The van der Waals surface area contributed by atoms with Gasteiger partial charge in [0.2, 0.25) is 5.91 Å². The minimum absolute atomic E-state index is 0.130. The van der Waals surface area contributed by atoms with Crippen molar-refractivity contribution in [3.63, 3.8) is 0 Å². The summed E-state index contributed by atoms with van der Waals surface area (Å²) >= 11 is 1.70. The highest BCUT2D eigenvalue weighted by atomic mass is 32.1. The van der Waals surface area contributed by atoms with Crippen LogP contribution in [0.4, 0.5) is 32.0 Å². The summed E-state index contributed by atoms with van der Waals surface area (Å²) in [7, 11) is 0. The van der Waals surface area contributed by atoms with Crippen molar-refractivity contribution in [2.75, 3.05) is 24.5 Å². The quantitative estimate of drug-likeness (QED) is 0.447. The smallest absolute Gasteiger partial charge is 0.475 e. The van der Waals surface area contributed by atoms with E-state index in [1.165, 1.54) is 0 Å². The Balaban J connectivity index is 0.000000271. The Kier molecular flexibility index (Phi) is 9.37. The molecular weight excluding hydrogens is 522 g/mol. The Bertz CT molecular complexity index is 1000. The SMILES string of the molecule is O=C(O)C(F)(F)F.O=C(O)C(F)(F)F.O=C1N(c2cccnc2)CC12CCN(Cc1nccs1)CC2. The summed E-state index contributed by atoms with van der Waals surface area (Å²) in [5.41, 5.74) is 0.790. The number of carboxylic acid groups (broad SMARTS) is 2. The predicted octanol–water partition coefficient (Wildman–Crippen LogP) is 3.43. The first-order valence-electron chi connectivity index (χ1n) is 10.1. The third kappa shape index (κ3) is 7.87. The number of carbonyl (C=O) groups is 3. The predicted molar refractivity (Wildman–Crippen MR) is 113 cm³/mol. The molecule has 0 bridgehead atoms. The van der Waals surface area contributed by atoms with Gasteiger partial charge in [-0.1, -0.05) is 0 Å². The lowest BCUT2D eigenvalue weighted by Crippen LogP contribution is -2.65. The van der Waals surface area contributed by atoms with Crippen LogP contribution in [-0.4, -0.2) is 74.9 Å². The van der Waals surface area contributed by atoms with Gasteiger partial charge in [0.05, 0.1) is 23.8 Å². The zero-order valence-electron chi connectivity index (χ0n) is 18.3. The van der Waals surface area contributed by atoms with Crippen molar-refractivity contribution in [1.82, 2.24) is 14.9 Å². The van der Waals surface area contributed by atoms with Crippen LogP contribution in [0.2, 0.25) is 0 Å². The summed E-state index contributed by atoms with van der Waals surface area (Å²) in [4.78, 5) is 43.1. The van der Waals surface area contributed by atoms with Gasteiger partial charge in [0.1, 0.15) is 5.01 Å². The lowest BCUT2D eigenvalue weighted by Gasteiger charge is -2.52. The molecular formula is C20H20F6N4O5S. The number of hydrogen-bond donors (Lipinski definition) is 2. The third-order valence-corrected chi connectivity index (χ3v) is 6.02. The van der Waals surface area contributed by atoms with Crippen LogP contribution in [0.3, 0.4) is 0 Å². The number of nitrogens with zero attached hydrogens (tertiary/aromatic N) is 4. The van der Waals surface area contributed by atoms with Crippen LogP contribution < -0.4 is 4.90 Å². The van der Waals surface area contributed by atoms with E-state index in [1.54, 1.807) is 23.7 Å². The second-order valence-electron chi connectivity index (χ2n) is 7.69. The van der Waals surface area contributed by atoms with E-state index in [0.29, 0.717) is 0 Å². The topological polar surface area (TPSA) is 124 Å². The number of halogens is 6. The Morgan fingerprint density at radius 3 is 1.97 bits per heavy atom. The van der Waals surface area contributed by atoms with Crippen LogP contribution in [0.15, 0.2) is 36.1 Å². The monoisotopic (exact) mass is 542 g/mol. The van der Waals surface area contributed by atoms with Gasteiger partial charge in [-0.05, 0) is 38.1 Å². The first kappa shape index (κ1) is 29.0. The van der Waals surface area contributed by atoms with Gasteiger partial charge in [-0.15, -0.1) is 11.3 Å². The van der Waals surface area contributed by atoms with Crippen LogP contribution in [0.5, 0.6) is 0 Å². The fourth-order valence-electron chi connectivity index (χ4n) is 3.39. The number of piperidine rings is 1. The van der Waals surface area contributed by atoms with E-state index < -0.39 is 24.3 Å². The molecule has 2 saturated heterocycles. The lowest BCUT2D eigenvalue weighted by molar-refractivity contribution is -0.193. The summed E-state index contributed by atoms with van der Waals surface area (Å²) in [5.74, 6) is -5.24. The summed E-state index contributed by atoms with van der Waals surface area (Å²) in [6, 6.07) is 3.83. The molecule has 0 aliphatic carbocycles. The highest BCUT2D eigenvalue weighted by Crippen LogP contribution is 2.43. The Labute approximate surface area is 204 Å². The van der Waals surface area contributed by atoms with Crippen LogP contribution in [0, 0.1) is 5.41 Å². The second-order valence-corrected chi connectivity index (χ2v) is 8.67. The molecule has 1 spiro atoms. The number of β-lactam (4-membered cyclic amide) rings is 1. The molecule has 0 radical (unpaired) electrons. The molecule has 2 aromatic rings. The lowest BCUT2D eigenvalue weighted by atomic mass is 9.71. The van der Waals surface area contributed by atoms with E-state index in [4.69, 9.17) is 19.8 Å². The molecule has 2 aliphatic rings. The van der Waals surface area contributed by atoms with E-state index in [2.05, 4.69) is 14.9 Å². The molecule has 2 aliphatic heterocycles. The molecule has 2 fully saturated rings. The summed E-state index contributed by atoms with van der Waals surface area (Å²) in [6.45, 7) is 3.70. The molecule has 16 heteroatoms. The minimum atomic E-state index is -5.08. The van der Waals surface area contributed by atoms with Gasteiger partial charge < -0.3 is 15.1 Å². The van der Waals surface area contributed by atoms with E-state index in [9.17, 15) is 31.1 Å². The largest absolute Gasteiger partial charge is 0.490 e. The molecule has 9 nitrogen and oxygen atoms in total. The van der Waals surface area contributed by atoms with Crippen molar-refractivity contribution in [1.29, 1.82) is 0 Å². The molecule has 4 heterocycles. The van der Waals surface area contributed by atoms with Gasteiger partial charge in [-0.25, -0.2) is 14.6 Å². The number of carboxylic acids is 2. The minimum Gasteiger partial charge on any atom is -0.475 e. The number of aliphatic carboxylic acids is 2. The molecule has 0 aromatic carbocycles. The number of anilines is 1. The number of carbonyl (C=O) groups excluding carboxylic acids is 1. The molecule has 198 valence electrons. The number of alkyl halides is 6. The van der Waals surface area contributed by atoms with E-state index in [-0.39, 0.29) is 11.3 Å². The summed E-state index contributed by atoms with van der Waals surface area (Å²) in [5, 5.41) is 17.4. The number of likely N-dealkylation sites (tertiary alicyclic amines) is 1. The van der Waals surface area contributed by atoms with Gasteiger partial charge in [-0.3, -0.25) is 14.7 Å². The molecule has 0 saturated carbocycles. The fourth-order valence-corrected chi connectivity index (χ4v) is 4.05. The summed E-state index contributed by atoms with van der Waals surface area (Å²) in [6.07, 6.45) is -2.91. The van der Waals surface area contributed by atoms with E-state index in [0.717, 1.165) is 49.7 Å². The third-order valence-electron chi connectivity index (χ3n) is 5.26. The van der Waals surface area contributed by atoms with Crippen LogP contribution in [-0.2, 0) is 20.9 Å². The number of hydrogen-bond acceptors (Lipinski definition) is 7. The molecule has 2 N–H and O–H groups in total. The number of thiazole rings is 1. The first-order chi connectivity index (χ1) is 16.7. The van der Waals surface area contributed by atoms with Crippen LogP contribution >= 0.6 is 11.3 Å². The standard InChI is InChI=1S/C16H18N4OS.2C2HF3O2/c21-15-16(12-20(15)13-2-1-5-17-10-13)3-7-19(8-4-16)11-14-18-6-9-22-14;2*3-2(4,5)1(6)7/h1-2,5-6,9-10H,3-4,7-8,11-12H2;2*(H,6,7). The Hall–Kier alpha value is -3.27. The maximum absolute atomic E-state index is 12.6. The zero-order valence-corrected chi connectivity index (χ0v) is 19.1. The fraction of sp³-hybridized carbons (Fsp3) is 0.450. The van der Waals surface area contributed by atoms with Crippen LogP contribution in [0.25, 0.3) is 0 Å². The van der Waals surface area contributed by atoms with Crippen molar-refractivity contribution in [2.24, 2.45) is 5.41 Å². The van der Waals surface area contributed by atoms with E-state index in [1.807, 2.05) is 28.6 Å².